The number of hydrogen-bond acceptors (Lipinski definition) is 4. The molecule has 0 heterocycles. The quantitative estimate of drug-likeness (QED) is 0.475. The minimum atomic E-state index is -0.645. The molecule has 1 N–H and O–H groups in total. The van der Waals surface area contributed by atoms with Crippen molar-refractivity contribution in [1.82, 2.24) is 5.32 Å². The third-order valence-corrected chi connectivity index (χ3v) is 3.11. The maximum Gasteiger partial charge on any atom is 0.283 e. The molecule has 0 bridgehead atoms. The summed E-state index contributed by atoms with van der Waals surface area (Å²) in [5, 5.41) is 13.6. The Hall–Kier alpha value is -1.37. The fourth-order valence-corrected chi connectivity index (χ4v) is 2.20. The molecule has 0 saturated heterocycles. The highest BCUT2D eigenvalue weighted by Crippen LogP contribution is 2.26. The van der Waals surface area contributed by atoms with Gasteiger partial charge in [-0.15, -0.1) is 11.6 Å². The predicted octanol–water partition coefficient (Wildman–Crippen LogP) is 2.62. The topological polar surface area (TPSA) is 81.5 Å². The standard InChI is InChI=1S/C12H14Cl2N2O4/c1-20-7-8(5-6-13)15-12(17)11-9(14)3-2-4-10(11)16(18)19/h2-4,8H,5-7H2,1H3,(H,15,17). The number of ether oxygens (including phenoxy) is 1. The van der Waals surface area contributed by atoms with Crippen LogP contribution in [0, 0.1) is 10.1 Å². The van der Waals surface area contributed by atoms with Gasteiger partial charge in [-0.25, -0.2) is 0 Å². The van der Waals surface area contributed by atoms with Crippen LogP contribution in [0.5, 0.6) is 0 Å². The van der Waals surface area contributed by atoms with E-state index in [1.54, 1.807) is 0 Å². The van der Waals surface area contributed by atoms with Crippen LogP contribution in [0.25, 0.3) is 0 Å². The van der Waals surface area contributed by atoms with Gasteiger partial charge in [-0.2, -0.15) is 0 Å². The van der Waals surface area contributed by atoms with Gasteiger partial charge in [0.15, 0.2) is 0 Å². The summed E-state index contributed by atoms with van der Waals surface area (Å²) in [5.74, 6) is -0.284. The molecule has 0 aliphatic heterocycles. The molecular weight excluding hydrogens is 307 g/mol. The van der Waals surface area contributed by atoms with E-state index in [0.29, 0.717) is 12.3 Å². The number of carbonyl (C=O) groups is 1. The van der Waals surface area contributed by atoms with E-state index in [-0.39, 0.29) is 28.9 Å². The molecule has 20 heavy (non-hydrogen) atoms. The number of nitrogens with zero attached hydrogens (tertiary/aromatic N) is 1. The van der Waals surface area contributed by atoms with Gasteiger partial charge in [-0.05, 0) is 12.5 Å². The molecule has 0 saturated carbocycles. The normalized spacial score (nSPS) is 11.9. The highest BCUT2D eigenvalue weighted by atomic mass is 35.5. The Bertz CT molecular complexity index is 490. The van der Waals surface area contributed by atoms with Gasteiger partial charge in [0.25, 0.3) is 11.6 Å². The van der Waals surface area contributed by atoms with Crippen LogP contribution in [-0.4, -0.2) is 36.5 Å². The summed E-state index contributed by atoms with van der Waals surface area (Å²) in [6.07, 6.45) is 0.486. The molecule has 110 valence electrons. The summed E-state index contributed by atoms with van der Waals surface area (Å²) in [4.78, 5) is 22.4. The number of nitro groups is 1. The van der Waals surface area contributed by atoms with Crippen LogP contribution in [0.3, 0.4) is 0 Å². The van der Waals surface area contributed by atoms with E-state index in [0.717, 1.165) is 0 Å². The van der Waals surface area contributed by atoms with Crippen LogP contribution >= 0.6 is 23.2 Å². The van der Waals surface area contributed by atoms with E-state index in [2.05, 4.69) is 5.32 Å². The van der Waals surface area contributed by atoms with Crippen LogP contribution in [0.1, 0.15) is 16.8 Å². The van der Waals surface area contributed by atoms with Gasteiger partial charge in [0, 0.05) is 19.1 Å². The predicted molar refractivity (Wildman–Crippen MR) is 76.6 cm³/mol. The van der Waals surface area contributed by atoms with Crippen molar-refractivity contribution >= 4 is 34.8 Å². The zero-order valence-corrected chi connectivity index (χ0v) is 12.3. The molecule has 8 heteroatoms. The largest absolute Gasteiger partial charge is 0.383 e. The Balaban J connectivity index is 2.99. The molecule has 1 unspecified atom stereocenters. The van der Waals surface area contributed by atoms with Crippen molar-refractivity contribution in [2.24, 2.45) is 0 Å². The second-order valence-corrected chi connectivity index (χ2v) is 4.78. The third kappa shape index (κ3) is 4.33. The number of nitrogens with one attached hydrogen (secondary N) is 1. The van der Waals surface area contributed by atoms with Crippen LogP contribution in [-0.2, 0) is 4.74 Å². The van der Waals surface area contributed by atoms with Crippen molar-refractivity contribution in [3.8, 4) is 0 Å². The zero-order chi connectivity index (χ0) is 15.1. The smallest absolute Gasteiger partial charge is 0.283 e. The van der Waals surface area contributed by atoms with Crippen LogP contribution in [0.4, 0.5) is 5.69 Å². The summed E-state index contributed by atoms with van der Waals surface area (Å²) in [6.45, 7) is 0.261. The molecule has 6 nitrogen and oxygen atoms in total. The number of methoxy groups -OCH3 is 1. The van der Waals surface area contributed by atoms with Crippen molar-refractivity contribution in [1.29, 1.82) is 0 Å². The summed E-state index contributed by atoms with van der Waals surface area (Å²) >= 11 is 11.5. The van der Waals surface area contributed by atoms with Crippen molar-refractivity contribution in [2.75, 3.05) is 19.6 Å². The maximum atomic E-state index is 12.2. The second-order valence-electron chi connectivity index (χ2n) is 3.99. The third-order valence-electron chi connectivity index (χ3n) is 2.58. The molecule has 0 fully saturated rings. The maximum absolute atomic E-state index is 12.2. The fraction of sp³-hybridized carbons (Fsp3) is 0.417. The van der Waals surface area contributed by atoms with Gasteiger partial charge in [-0.1, -0.05) is 17.7 Å². The van der Waals surface area contributed by atoms with Crippen LogP contribution in [0.15, 0.2) is 18.2 Å². The summed E-state index contributed by atoms with van der Waals surface area (Å²) in [6, 6.07) is 3.74. The van der Waals surface area contributed by atoms with Gasteiger partial charge in [0.2, 0.25) is 0 Å². The molecule has 0 aliphatic rings. The lowest BCUT2D eigenvalue weighted by Gasteiger charge is -2.17. The van der Waals surface area contributed by atoms with E-state index in [4.69, 9.17) is 27.9 Å². The number of rotatable bonds is 7. The van der Waals surface area contributed by atoms with E-state index in [9.17, 15) is 14.9 Å². The molecule has 1 aromatic carbocycles. The number of benzene rings is 1. The van der Waals surface area contributed by atoms with Gasteiger partial charge < -0.3 is 10.1 Å². The van der Waals surface area contributed by atoms with Gasteiger partial charge in [-0.3, -0.25) is 14.9 Å². The zero-order valence-electron chi connectivity index (χ0n) is 10.8. The highest BCUT2D eigenvalue weighted by molar-refractivity contribution is 6.34. The Kier molecular flexibility index (Phi) is 6.70. The van der Waals surface area contributed by atoms with Crippen molar-refractivity contribution in [3.05, 3.63) is 38.9 Å². The lowest BCUT2D eigenvalue weighted by Crippen LogP contribution is -2.38. The monoisotopic (exact) mass is 320 g/mol. The van der Waals surface area contributed by atoms with E-state index < -0.39 is 10.8 Å². The Morgan fingerprint density at radius 3 is 2.80 bits per heavy atom. The summed E-state index contributed by atoms with van der Waals surface area (Å²) in [5.41, 5.74) is -0.494. The molecule has 0 aliphatic carbocycles. The van der Waals surface area contributed by atoms with E-state index in [1.807, 2.05) is 0 Å². The summed E-state index contributed by atoms with van der Waals surface area (Å²) in [7, 11) is 1.49. The SMILES string of the molecule is COCC(CCCl)NC(=O)c1c(Cl)cccc1[N+](=O)[O-]. The first-order valence-electron chi connectivity index (χ1n) is 5.80. The molecule has 1 amide bonds. The lowest BCUT2D eigenvalue weighted by molar-refractivity contribution is -0.385. The summed E-state index contributed by atoms with van der Waals surface area (Å²) < 4.78 is 4.96. The molecular formula is C12H14Cl2N2O4. The molecule has 1 atom stereocenters. The minimum Gasteiger partial charge on any atom is -0.383 e. The number of carbonyl (C=O) groups excluding carboxylic acids is 1. The molecule has 1 aromatic rings. The number of amides is 1. The van der Waals surface area contributed by atoms with E-state index in [1.165, 1.54) is 25.3 Å². The van der Waals surface area contributed by atoms with Crippen LogP contribution in [0.2, 0.25) is 5.02 Å². The van der Waals surface area contributed by atoms with Gasteiger partial charge >= 0.3 is 0 Å². The number of nitro benzene ring substituents is 1. The van der Waals surface area contributed by atoms with Gasteiger partial charge in [0.1, 0.15) is 5.56 Å². The average Bonchev–Trinajstić information content (AvgIpc) is 2.38. The Morgan fingerprint density at radius 2 is 2.25 bits per heavy atom. The second kappa shape index (κ2) is 8.04. The molecule has 1 rings (SSSR count). The first-order valence-corrected chi connectivity index (χ1v) is 6.71. The lowest BCUT2D eigenvalue weighted by atomic mass is 10.1. The number of halogens is 2. The van der Waals surface area contributed by atoms with Crippen molar-refractivity contribution in [3.63, 3.8) is 0 Å². The minimum absolute atomic E-state index is 0.0266. The molecule has 0 spiro atoms. The molecule has 0 aromatic heterocycles. The number of hydrogen-bond donors (Lipinski definition) is 1. The Morgan fingerprint density at radius 1 is 1.55 bits per heavy atom. The fourth-order valence-electron chi connectivity index (χ4n) is 1.68. The highest BCUT2D eigenvalue weighted by Gasteiger charge is 2.25. The average molecular weight is 321 g/mol. The first kappa shape index (κ1) is 16.7. The van der Waals surface area contributed by atoms with Crippen molar-refractivity contribution in [2.45, 2.75) is 12.5 Å². The van der Waals surface area contributed by atoms with E-state index >= 15 is 0 Å². The van der Waals surface area contributed by atoms with Crippen molar-refractivity contribution < 1.29 is 14.5 Å². The Labute approximate surface area is 126 Å². The van der Waals surface area contributed by atoms with Crippen LogP contribution < -0.4 is 5.32 Å². The molecule has 0 radical (unpaired) electrons. The first-order chi connectivity index (χ1) is 9.51. The number of alkyl halides is 1. The van der Waals surface area contributed by atoms with Gasteiger partial charge in [0.05, 0.1) is 22.6 Å².